The number of hydrogen-bond donors (Lipinski definition) is 1. The monoisotopic (exact) mass is 146 g/mol. The van der Waals surface area contributed by atoms with Crippen molar-refractivity contribution in [1.82, 2.24) is 5.23 Å². The largest absolute Gasteiger partial charge is 0.359 e. The van der Waals surface area contributed by atoms with Gasteiger partial charge in [0, 0.05) is 5.56 Å². The molecule has 2 nitrogen and oxygen atoms in total. The fraction of sp³-hybridized carbons (Fsp3) is 0.125. The van der Waals surface area contributed by atoms with Crippen molar-refractivity contribution in [2.45, 2.75) is 0 Å². The van der Waals surface area contributed by atoms with E-state index in [0.29, 0.717) is 5.56 Å². The van der Waals surface area contributed by atoms with Gasteiger partial charge in [0.15, 0.2) is 0 Å². The Labute approximate surface area is 66.9 Å². The Morgan fingerprint density at radius 3 is 2.82 bits per heavy atom. The van der Waals surface area contributed by atoms with Crippen molar-refractivity contribution in [2.75, 3.05) is 7.05 Å². The summed E-state index contributed by atoms with van der Waals surface area (Å²) < 4.78 is 0. The summed E-state index contributed by atoms with van der Waals surface area (Å²) in [6.45, 7) is 0. The highest BCUT2D eigenvalue weighted by Crippen LogP contribution is 1.89. The molecule has 1 aromatic rings. The van der Waals surface area contributed by atoms with E-state index in [-0.39, 0.29) is 0 Å². The van der Waals surface area contributed by atoms with E-state index in [0.717, 1.165) is 11.7 Å². The molecule has 0 fully saturated rings. The number of benzene rings is 1. The number of nitrogens with one attached hydrogen (secondary N) is 1. The predicted octanol–water partition coefficient (Wildman–Crippen LogP) is -0.0370. The van der Waals surface area contributed by atoms with E-state index in [9.17, 15) is 4.79 Å². The molecule has 0 aliphatic carbocycles. The van der Waals surface area contributed by atoms with Gasteiger partial charge in [0.25, 0.3) is 0 Å². The number of carbonyl (C=O) groups excluding carboxylic acids is 1. The van der Waals surface area contributed by atoms with Gasteiger partial charge in [-0.25, -0.2) is 0 Å². The summed E-state index contributed by atoms with van der Waals surface area (Å²) in [5, 5.41) is 2.87. The molecule has 0 saturated heterocycles. The number of carbonyl (C=O) groups is 1. The quantitative estimate of drug-likeness (QED) is 0.478. The van der Waals surface area contributed by atoms with Gasteiger partial charge in [0.2, 0.25) is 7.41 Å². The second-order valence-electron chi connectivity index (χ2n) is 2.18. The summed E-state index contributed by atoms with van der Waals surface area (Å²) in [7, 11) is 3.60. The summed E-state index contributed by atoms with van der Waals surface area (Å²) in [5.41, 5.74) is 1.63. The Morgan fingerprint density at radius 2 is 2.18 bits per heavy atom. The summed E-state index contributed by atoms with van der Waals surface area (Å²) in [4.78, 5) is 10.5. The molecule has 0 atom stereocenters. The van der Waals surface area contributed by atoms with Crippen molar-refractivity contribution in [2.24, 2.45) is 0 Å². The average Bonchev–Trinajstić information content (AvgIpc) is 2.06. The summed E-state index contributed by atoms with van der Waals surface area (Å²) in [5.74, 6) is 0. The average molecular weight is 146 g/mol. The van der Waals surface area contributed by atoms with Crippen LogP contribution < -0.4 is 10.7 Å². The van der Waals surface area contributed by atoms with E-state index >= 15 is 0 Å². The van der Waals surface area contributed by atoms with Crippen LogP contribution in [0.15, 0.2) is 24.3 Å². The van der Waals surface area contributed by atoms with Crippen LogP contribution >= 0.6 is 0 Å². The van der Waals surface area contributed by atoms with Crippen molar-refractivity contribution in [3.63, 3.8) is 0 Å². The normalized spacial score (nSPS) is 9.18. The zero-order valence-electron chi connectivity index (χ0n) is 6.37. The Bertz CT molecular complexity index is 250. The van der Waals surface area contributed by atoms with E-state index in [1.807, 2.05) is 25.2 Å². The predicted molar refractivity (Wildman–Crippen MR) is 46.3 cm³/mol. The van der Waals surface area contributed by atoms with Gasteiger partial charge < -0.3 is 5.23 Å². The van der Waals surface area contributed by atoms with Crippen LogP contribution in [0.1, 0.15) is 10.4 Å². The molecule has 1 radical (unpaired) electrons. The highest BCUT2D eigenvalue weighted by atomic mass is 16.1. The Morgan fingerprint density at radius 1 is 1.45 bits per heavy atom. The molecule has 3 heteroatoms. The smallest absolute Gasteiger partial charge is 0.245 e. The van der Waals surface area contributed by atoms with Crippen molar-refractivity contribution in [3.8, 4) is 0 Å². The minimum Gasteiger partial charge on any atom is -0.359 e. The number of hydrogen-bond acceptors (Lipinski definition) is 2. The maximum absolute atomic E-state index is 10.5. The molecule has 1 N–H and O–H groups in total. The lowest BCUT2D eigenvalue weighted by atomic mass is 9.80. The minimum atomic E-state index is 0.710. The van der Waals surface area contributed by atoms with Crippen LogP contribution in [0.2, 0.25) is 0 Å². The van der Waals surface area contributed by atoms with Crippen LogP contribution in [0.4, 0.5) is 0 Å². The van der Waals surface area contributed by atoms with Gasteiger partial charge in [-0.3, -0.25) is 4.79 Å². The van der Waals surface area contributed by atoms with Gasteiger partial charge in [0.1, 0.15) is 6.29 Å². The van der Waals surface area contributed by atoms with Gasteiger partial charge >= 0.3 is 0 Å². The molecule has 0 aliphatic heterocycles. The zero-order valence-corrected chi connectivity index (χ0v) is 6.37. The third kappa shape index (κ3) is 1.92. The third-order valence-electron chi connectivity index (χ3n) is 1.42. The molecule has 0 aliphatic rings. The van der Waals surface area contributed by atoms with Crippen LogP contribution in [-0.4, -0.2) is 20.7 Å². The molecule has 0 saturated carbocycles. The van der Waals surface area contributed by atoms with Gasteiger partial charge in [-0.1, -0.05) is 29.7 Å². The second-order valence-corrected chi connectivity index (χ2v) is 2.18. The highest BCUT2D eigenvalue weighted by Gasteiger charge is 1.98. The maximum atomic E-state index is 10.5. The van der Waals surface area contributed by atoms with Crippen molar-refractivity contribution in [1.29, 1.82) is 0 Å². The second kappa shape index (κ2) is 3.93. The van der Waals surface area contributed by atoms with Crippen molar-refractivity contribution < 1.29 is 4.79 Å². The molecule has 0 heterocycles. The standard InChI is InChI=1S/C8H9BNO/c1-10-9-8-5-3-2-4-7(8)6-11/h2-6,10H,1H3. The molecule has 55 valence electrons. The SMILES string of the molecule is CN[B]c1ccccc1C=O. The van der Waals surface area contributed by atoms with E-state index in [4.69, 9.17) is 0 Å². The van der Waals surface area contributed by atoms with Crippen LogP contribution in [-0.2, 0) is 0 Å². The topological polar surface area (TPSA) is 29.1 Å². The molecule has 0 aromatic heterocycles. The molecule has 1 aromatic carbocycles. The molecule has 0 amide bonds. The Balaban J connectivity index is 2.92. The fourth-order valence-electron chi connectivity index (χ4n) is 0.905. The van der Waals surface area contributed by atoms with E-state index in [1.54, 1.807) is 13.5 Å². The molecule has 0 spiro atoms. The van der Waals surface area contributed by atoms with E-state index in [2.05, 4.69) is 5.23 Å². The molecule has 11 heavy (non-hydrogen) atoms. The summed E-state index contributed by atoms with van der Waals surface area (Å²) in [6.07, 6.45) is 0.850. The van der Waals surface area contributed by atoms with Crippen LogP contribution in [0.5, 0.6) is 0 Å². The van der Waals surface area contributed by atoms with E-state index in [1.165, 1.54) is 0 Å². The first-order chi connectivity index (χ1) is 5.38. The first kappa shape index (κ1) is 8.02. The highest BCUT2D eigenvalue weighted by molar-refractivity contribution is 6.52. The van der Waals surface area contributed by atoms with Crippen LogP contribution in [0.3, 0.4) is 0 Å². The van der Waals surface area contributed by atoms with Gasteiger partial charge in [-0.2, -0.15) is 0 Å². The first-order valence-corrected chi connectivity index (χ1v) is 3.43. The molecule has 1 rings (SSSR count). The Kier molecular flexibility index (Phi) is 2.87. The fourth-order valence-corrected chi connectivity index (χ4v) is 0.905. The molecule has 0 bridgehead atoms. The van der Waals surface area contributed by atoms with E-state index < -0.39 is 0 Å². The van der Waals surface area contributed by atoms with Crippen molar-refractivity contribution >= 4 is 19.2 Å². The summed E-state index contributed by atoms with van der Waals surface area (Å²) >= 11 is 0. The Hall–Kier alpha value is -1.09. The van der Waals surface area contributed by atoms with Gasteiger partial charge in [-0.05, 0) is 7.05 Å². The zero-order chi connectivity index (χ0) is 8.10. The molecule has 0 unspecified atom stereocenters. The number of rotatable bonds is 3. The lowest BCUT2D eigenvalue weighted by Crippen LogP contribution is -2.29. The van der Waals surface area contributed by atoms with Gasteiger partial charge in [0.05, 0.1) is 0 Å². The third-order valence-corrected chi connectivity index (χ3v) is 1.42. The lowest BCUT2D eigenvalue weighted by Gasteiger charge is -1.99. The minimum absolute atomic E-state index is 0.710. The van der Waals surface area contributed by atoms with Gasteiger partial charge in [-0.15, -0.1) is 0 Å². The maximum Gasteiger partial charge on any atom is 0.245 e. The molecular formula is C8H9BNO. The summed E-state index contributed by atoms with van der Waals surface area (Å²) in [6, 6.07) is 7.42. The first-order valence-electron chi connectivity index (χ1n) is 3.43. The lowest BCUT2D eigenvalue weighted by molar-refractivity contribution is 0.112. The van der Waals surface area contributed by atoms with Crippen LogP contribution in [0, 0.1) is 0 Å². The van der Waals surface area contributed by atoms with Crippen molar-refractivity contribution in [3.05, 3.63) is 29.8 Å². The molecular weight excluding hydrogens is 137 g/mol. The number of aldehydes is 1. The van der Waals surface area contributed by atoms with Crippen LogP contribution in [0.25, 0.3) is 0 Å².